The summed E-state index contributed by atoms with van der Waals surface area (Å²) in [4.78, 5) is 11.6. The third kappa shape index (κ3) is 3.58. The zero-order valence-electron chi connectivity index (χ0n) is 12.4. The Hall–Kier alpha value is -1.32. The maximum atomic E-state index is 4.69. The van der Waals surface area contributed by atoms with Crippen molar-refractivity contribution in [2.45, 2.75) is 58.9 Å². The van der Waals surface area contributed by atoms with Gasteiger partial charge in [-0.15, -0.1) is 0 Å². The smallest absolute Gasteiger partial charge is 0.224 e. The third-order valence-corrected chi connectivity index (χ3v) is 3.77. The fraction of sp³-hybridized carbons (Fsp3) is 0.733. The van der Waals surface area contributed by atoms with E-state index in [4.69, 9.17) is 4.98 Å². The van der Waals surface area contributed by atoms with E-state index in [0.717, 1.165) is 37.0 Å². The van der Waals surface area contributed by atoms with Gasteiger partial charge in [0.15, 0.2) is 0 Å². The molecule has 0 radical (unpaired) electrons. The normalized spacial score (nSPS) is 15.7. The molecule has 0 saturated heterocycles. The molecule has 0 unspecified atom stereocenters. The van der Waals surface area contributed by atoms with Crippen LogP contribution in [0.3, 0.4) is 0 Å². The molecule has 0 amide bonds. The number of hydrogen-bond donors (Lipinski definition) is 1. The predicted octanol–water partition coefficient (Wildman–Crippen LogP) is 3.38. The molecule has 0 bridgehead atoms. The molecule has 0 aliphatic heterocycles. The van der Waals surface area contributed by atoms with Crippen LogP contribution in [0.2, 0.25) is 0 Å². The van der Waals surface area contributed by atoms with Crippen molar-refractivity contribution in [3.8, 4) is 0 Å². The molecule has 0 aromatic carbocycles. The average molecular weight is 262 g/mol. The van der Waals surface area contributed by atoms with Crippen molar-refractivity contribution in [3.63, 3.8) is 0 Å². The van der Waals surface area contributed by atoms with Crippen LogP contribution in [0.1, 0.15) is 51.6 Å². The van der Waals surface area contributed by atoms with E-state index in [1.54, 1.807) is 0 Å². The van der Waals surface area contributed by atoms with Crippen LogP contribution >= 0.6 is 0 Å². The van der Waals surface area contributed by atoms with Gasteiger partial charge >= 0.3 is 0 Å². The fourth-order valence-electron chi connectivity index (χ4n) is 2.84. The Balaban J connectivity index is 2.18. The van der Waals surface area contributed by atoms with Gasteiger partial charge in [-0.3, -0.25) is 0 Å². The number of aryl methyl sites for hydroxylation is 1. The molecule has 0 atom stereocenters. The third-order valence-electron chi connectivity index (χ3n) is 3.77. The van der Waals surface area contributed by atoms with Crippen molar-refractivity contribution >= 4 is 11.8 Å². The van der Waals surface area contributed by atoms with E-state index in [1.807, 2.05) is 6.92 Å². The lowest BCUT2D eigenvalue weighted by Gasteiger charge is -2.29. The minimum Gasteiger partial charge on any atom is -0.354 e. The highest BCUT2D eigenvalue weighted by molar-refractivity contribution is 5.45. The Kier molecular flexibility index (Phi) is 5.00. The van der Waals surface area contributed by atoms with Gasteiger partial charge in [-0.25, -0.2) is 4.98 Å². The van der Waals surface area contributed by atoms with Crippen molar-refractivity contribution in [2.24, 2.45) is 0 Å². The summed E-state index contributed by atoms with van der Waals surface area (Å²) < 4.78 is 0. The van der Waals surface area contributed by atoms with E-state index < -0.39 is 0 Å². The molecule has 1 aromatic heterocycles. The van der Waals surface area contributed by atoms with Gasteiger partial charge in [-0.2, -0.15) is 4.98 Å². The number of anilines is 2. The van der Waals surface area contributed by atoms with E-state index in [2.05, 4.69) is 35.1 Å². The number of aromatic nitrogens is 2. The highest BCUT2D eigenvalue weighted by atomic mass is 15.2. The molecule has 1 aliphatic rings. The van der Waals surface area contributed by atoms with E-state index >= 15 is 0 Å². The monoisotopic (exact) mass is 262 g/mol. The molecule has 1 aromatic rings. The number of rotatable bonds is 6. The molecule has 1 heterocycles. The molecule has 106 valence electrons. The molecular weight excluding hydrogens is 236 g/mol. The SMILES string of the molecule is CCCNc1nc(C)cc(N(CC)C2CCCC2)n1. The largest absolute Gasteiger partial charge is 0.354 e. The van der Waals surface area contributed by atoms with Gasteiger partial charge in [0.25, 0.3) is 0 Å². The number of nitrogens with zero attached hydrogens (tertiary/aromatic N) is 3. The van der Waals surface area contributed by atoms with Crippen molar-refractivity contribution in [3.05, 3.63) is 11.8 Å². The van der Waals surface area contributed by atoms with Crippen molar-refractivity contribution in [1.29, 1.82) is 0 Å². The second-order valence-electron chi connectivity index (χ2n) is 5.34. The Labute approximate surface area is 116 Å². The molecule has 19 heavy (non-hydrogen) atoms. The molecule has 4 nitrogen and oxygen atoms in total. The first-order chi connectivity index (χ1) is 9.24. The molecular formula is C15H26N4. The van der Waals surface area contributed by atoms with Crippen LogP contribution in [-0.2, 0) is 0 Å². The summed E-state index contributed by atoms with van der Waals surface area (Å²) in [6.07, 6.45) is 6.40. The van der Waals surface area contributed by atoms with Gasteiger partial charge in [-0.1, -0.05) is 19.8 Å². The maximum absolute atomic E-state index is 4.69. The van der Waals surface area contributed by atoms with Crippen LogP contribution in [0.15, 0.2) is 6.07 Å². The summed E-state index contributed by atoms with van der Waals surface area (Å²) in [7, 11) is 0. The highest BCUT2D eigenvalue weighted by Gasteiger charge is 2.23. The zero-order valence-corrected chi connectivity index (χ0v) is 12.4. The van der Waals surface area contributed by atoms with E-state index in [0.29, 0.717) is 6.04 Å². The number of nitrogens with one attached hydrogen (secondary N) is 1. The second-order valence-corrected chi connectivity index (χ2v) is 5.34. The quantitative estimate of drug-likeness (QED) is 0.853. The first-order valence-corrected chi connectivity index (χ1v) is 7.60. The van der Waals surface area contributed by atoms with E-state index in [1.165, 1.54) is 25.7 Å². The van der Waals surface area contributed by atoms with Crippen molar-refractivity contribution in [2.75, 3.05) is 23.3 Å². The lowest BCUT2D eigenvalue weighted by molar-refractivity contribution is 0.612. The molecule has 1 N–H and O–H groups in total. The lowest BCUT2D eigenvalue weighted by atomic mass is 10.2. The Morgan fingerprint density at radius 1 is 1.26 bits per heavy atom. The second kappa shape index (κ2) is 6.73. The van der Waals surface area contributed by atoms with Crippen LogP contribution in [0.5, 0.6) is 0 Å². The van der Waals surface area contributed by atoms with Crippen molar-refractivity contribution in [1.82, 2.24) is 9.97 Å². The van der Waals surface area contributed by atoms with Gasteiger partial charge in [0.1, 0.15) is 5.82 Å². The minimum atomic E-state index is 0.665. The first-order valence-electron chi connectivity index (χ1n) is 7.60. The molecule has 2 rings (SSSR count). The number of hydrogen-bond acceptors (Lipinski definition) is 4. The summed E-state index contributed by atoms with van der Waals surface area (Å²) in [5, 5.41) is 3.30. The summed E-state index contributed by atoms with van der Waals surface area (Å²) in [6.45, 7) is 8.37. The van der Waals surface area contributed by atoms with Crippen LogP contribution in [0.25, 0.3) is 0 Å². The maximum Gasteiger partial charge on any atom is 0.224 e. The van der Waals surface area contributed by atoms with Crippen LogP contribution in [0, 0.1) is 6.92 Å². The van der Waals surface area contributed by atoms with E-state index in [-0.39, 0.29) is 0 Å². The fourth-order valence-corrected chi connectivity index (χ4v) is 2.84. The zero-order chi connectivity index (χ0) is 13.7. The summed E-state index contributed by atoms with van der Waals surface area (Å²) in [6, 6.07) is 2.78. The summed E-state index contributed by atoms with van der Waals surface area (Å²) >= 11 is 0. The predicted molar refractivity (Wildman–Crippen MR) is 80.8 cm³/mol. The molecule has 1 fully saturated rings. The summed E-state index contributed by atoms with van der Waals surface area (Å²) in [5.41, 5.74) is 1.04. The average Bonchev–Trinajstić information content (AvgIpc) is 2.90. The van der Waals surface area contributed by atoms with Gasteiger partial charge in [0.2, 0.25) is 5.95 Å². The highest BCUT2D eigenvalue weighted by Crippen LogP contribution is 2.27. The van der Waals surface area contributed by atoms with Gasteiger partial charge in [-0.05, 0) is 33.1 Å². The van der Waals surface area contributed by atoms with Crippen molar-refractivity contribution < 1.29 is 0 Å². The van der Waals surface area contributed by atoms with Gasteiger partial charge in [0.05, 0.1) is 0 Å². The molecule has 4 heteroatoms. The Bertz CT molecular complexity index is 399. The first kappa shape index (κ1) is 14.1. The Morgan fingerprint density at radius 2 is 2.00 bits per heavy atom. The summed E-state index contributed by atoms with van der Waals surface area (Å²) in [5.74, 6) is 1.86. The standard InChI is InChI=1S/C15H26N4/c1-4-10-16-15-17-12(3)11-14(18-15)19(5-2)13-8-6-7-9-13/h11,13H,4-10H2,1-3H3,(H,16,17,18). The lowest BCUT2D eigenvalue weighted by Crippen LogP contribution is -2.34. The van der Waals surface area contributed by atoms with Crippen LogP contribution < -0.4 is 10.2 Å². The van der Waals surface area contributed by atoms with E-state index in [9.17, 15) is 0 Å². The molecule has 1 saturated carbocycles. The Morgan fingerprint density at radius 3 is 2.63 bits per heavy atom. The van der Waals surface area contributed by atoms with Crippen LogP contribution in [0.4, 0.5) is 11.8 Å². The minimum absolute atomic E-state index is 0.665. The van der Waals surface area contributed by atoms with Gasteiger partial charge in [0, 0.05) is 30.9 Å². The molecule has 1 aliphatic carbocycles. The topological polar surface area (TPSA) is 41.1 Å². The van der Waals surface area contributed by atoms with Crippen LogP contribution in [-0.4, -0.2) is 29.1 Å². The van der Waals surface area contributed by atoms with Gasteiger partial charge < -0.3 is 10.2 Å². The molecule has 0 spiro atoms.